The SMILES string of the molecule is CCOC(=O)Cc1ccccc1OC(=O)OCC(C)C. The fourth-order valence-corrected chi connectivity index (χ4v) is 1.47. The molecule has 5 nitrogen and oxygen atoms in total. The number of rotatable bonds is 6. The van der Waals surface area contributed by atoms with Crippen LogP contribution in [0, 0.1) is 5.92 Å². The molecular weight excluding hydrogens is 260 g/mol. The average molecular weight is 280 g/mol. The van der Waals surface area contributed by atoms with Crippen LogP contribution in [0.4, 0.5) is 4.79 Å². The number of benzene rings is 1. The fourth-order valence-electron chi connectivity index (χ4n) is 1.47. The predicted octanol–water partition coefficient (Wildman–Crippen LogP) is 2.96. The largest absolute Gasteiger partial charge is 0.513 e. The Morgan fingerprint density at radius 1 is 1.15 bits per heavy atom. The molecule has 0 aliphatic carbocycles. The summed E-state index contributed by atoms with van der Waals surface area (Å²) in [6.45, 7) is 6.21. The number of carbonyl (C=O) groups excluding carboxylic acids is 2. The van der Waals surface area contributed by atoms with Crippen LogP contribution in [0.5, 0.6) is 5.75 Å². The van der Waals surface area contributed by atoms with Gasteiger partial charge in [-0.05, 0) is 18.9 Å². The Hall–Kier alpha value is -2.04. The molecule has 0 unspecified atom stereocenters. The minimum absolute atomic E-state index is 0.0570. The molecule has 20 heavy (non-hydrogen) atoms. The summed E-state index contributed by atoms with van der Waals surface area (Å²) in [6, 6.07) is 6.81. The summed E-state index contributed by atoms with van der Waals surface area (Å²) in [5, 5.41) is 0. The summed E-state index contributed by atoms with van der Waals surface area (Å²) in [4.78, 5) is 23.0. The molecule has 0 spiro atoms. The van der Waals surface area contributed by atoms with Gasteiger partial charge in [0.15, 0.2) is 0 Å². The van der Waals surface area contributed by atoms with Gasteiger partial charge in [-0.1, -0.05) is 32.0 Å². The third-order valence-electron chi connectivity index (χ3n) is 2.34. The molecule has 110 valence electrons. The molecule has 0 aliphatic rings. The Balaban J connectivity index is 2.65. The highest BCUT2D eigenvalue weighted by Crippen LogP contribution is 2.19. The molecule has 0 saturated carbocycles. The lowest BCUT2D eigenvalue weighted by Gasteiger charge is -2.10. The van der Waals surface area contributed by atoms with Gasteiger partial charge >= 0.3 is 12.1 Å². The van der Waals surface area contributed by atoms with Crippen LogP contribution in [-0.2, 0) is 20.7 Å². The lowest BCUT2D eigenvalue weighted by molar-refractivity contribution is -0.142. The van der Waals surface area contributed by atoms with E-state index >= 15 is 0 Å². The number of hydrogen-bond acceptors (Lipinski definition) is 5. The van der Waals surface area contributed by atoms with Gasteiger partial charge in [0, 0.05) is 5.56 Å². The van der Waals surface area contributed by atoms with Gasteiger partial charge in [0.2, 0.25) is 0 Å². The van der Waals surface area contributed by atoms with Gasteiger partial charge in [-0.15, -0.1) is 0 Å². The highest BCUT2D eigenvalue weighted by molar-refractivity contribution is 5.74. The van der Waals surface area contributed by atoms with E-state index in [-0.39, 0.29) is 18.3 Å². The first-order chi connectivity index (χ1) is 9.52. The Morgan fingerprint density at radius 2 is 1.85 bits per heavy atom. The summed E-state index contributed by atoms with van der Waals surface area (Å²) in [5.74, 6) is 0.186. The van der Waals surface area contributed by atoms with Gasteiger partial charge in [0.05, 0.1) is 19.6 Å². The fraction of sp³-hybridized carbons (Fsp3) is 0.467. The van der Waals surface area contributed by atoms with Crippen LogP contribution < -0.4 is 4.74 Å². The monoisotopic (exact) mass is 280 g/mol. The molecule has 0 aromatic heterocycles. The van der Waals surface area contributed by atoms with Crippen molar-refractivity contribution < 1.29 is 23.8 Å². The van der Waals surface area contributed by atoms with Crippen molar-refractivity contribution in [3.05, 3.63) is 29.8 Å². The second-order valence-corrected chi connectivity index (χ2v) is 4.65. The normalized spacial score (nSPS) is 10.2. The molecule has 0 fully saturated rings. The second kappa shape index (κ2) is 8.19. The Kier molecular flexibility index (Phi) is 6.56. The van der Waals surface area contributed by atoms with Crippen molar-refractivity contribution >= 4 is 12.1 Å². The van der Waals surface area contributed by atoms with Crippen LogP contribution in [0.15, 0.2) is 24.3 Å². The van der Waals surface area contributed by atoms with Crippen molar-refractivity contribution in [2.24, 2.45) is 5.92 Å². The second-order valence-electron chi connectivity index (χ2n) is 4.65. The van der Waals surface area contributed by atoms with Gasteiger partial charge in [-0.3, -0.25) is 4.79 Å². The summed E-state index contributed by atoms with van der Waals surface area (Å²) in [7, 11) is 0. The van der Waals surface area contributed by atoms with E-state index in [1.54, 1.807) is 31.2 Å². The van der Waals surface area contributed by atoms with Crippen LogP contribution in [-0.4, -0.2) is 25.3 Å². The Morgan fingerprint density at radius 3 is 2.50 bits per heavy atom. The highest BCUT2D eigenvalue weighted by Gasteiger charge is 2.13. The van der Waals surface area contributed by atoms with Crippen molar-refractivity contribution in [3.8, 4) is 5.75 Å². The Bertz CT molecular complexity index is 453. The molecule has 0 saturated heterocycles. The first kappa shape index (κ1) is 16.0. The molecule has 1 aromatic rings. The van der Waals surface area contributed by atoms with Crippen molar-refractivity contribution in [1.82, 2.24) is 0 Å². The zero-order valence-corrected chi connectivity index (χ0v) is 12.0. The number of para-hydroxylation sites is 1. The average Bonchev–Trinajstić information content (AvgIpc) is 2.39. The van der Waals surface area contributed by atoms with Gasteiger partial charge in [0.25, 0.3) is 0 Å². The van der Waals surface area contributed by atoms with Gasteiger partial charge in [-0.25, -0.2) is 4.79 Å². The zero-order valence-electron chi connectivity index (χ0n) is 12.0. The van der Waals surface area contributed by atoms with Gasteiger partial charge < -0.3 is 14.2 Å². The molecule has 1 aromatic carbocycles. The van der Waals surface area contributed by atoms with E-state index in [1.807, 2.05) is 13.8 Å². The maximum Gasteiger partial charge on any atom is 0.513 e. The van der Waals surface area contributed by atoms with E-state index in [2.05, 4.69) is 0 Å². The maximum absolute atomic E-state index is 11.5. The van der Waals surface area contributed by atoms with Gasteiger partial charge in [0.1, 0.15) is 5.75 Å². The van der Waals surface area contributed by atoms with Crippen molar-refractivity contribution in [2.75, 3.05) is 13.2 Å². The van der Waals surface area contributed by atoms with E-state index in [0.29, 0.717) is 24.5 Å². The van der Waals surface area contributed by atoms with Gasteiger partial charge in [-0.2, -0.15) is 0 Å². The molecule has 0 amide bonds. The summed E-state index contributed by atoms with van der Waals surface area (Å²) in [5.41, 5.74) is 0.590. The van der Waals surface area contributed by atoms with Crippen LogP contribution >= 0.6 is 0 Å². The molecule has 1 rings (SSSR count). The summed E-state index contributed by atoms with van der Waals surface area (Å²) >= 11 is 0. The van der Waals surface area contributed by atoms with Crippen LogP contribution in [0.25, 0.3) is 0 Å². The van der Waals surface area contributed by atoms with E-state index in [4.69, 9.17) is 14.2 Å². The standard InChI is InChI=1S/C15H20O5/c1-4-18-14(16)9-12-7-5-6-8-13(12)20-15(17)19-10-11(2)3/h5-8,11H,4,9-10H2,1-3H3. The highest BCUT2D eigenvalue weighted by atomic mass is 16.7. The topological polar surface area (TPSA) is 61.8 Å². The zero-order chi connectivity index (χ0) is 15.0. The molecule has 0 radical (unpaired) electrons. The number of carbonyl (C=O) groups is 2. The number of hydrogen-bond donors (Lipinski definition) is 0. The molecule has 0 N–H and O–H groups in total. The first-order valence-electron chi connectivity index (χ1n) is 6.61. The summed E-state index contributed by atoms with van der Waals surface area (Å²) < 4.78 is 14.9. The summed E-state index contributed by atoms with van der Waals surface area (Å²) in [6.07, 6.45) is -0.711. The van der Waals surface area contributed by atoms with E-state index < -0.39 is 6.16 Å². The maximum atomic E-state index is 11.5. The van der Waals surface area contributed by atoms with Crippen LogP contribution in [0.3, 0.4) is 0 Å². The molecular formula is C15H20O5. The van der Waals surface area contributed by atoms with Crippen LogP contribution in [0.2, 0.25) is 0 Å². The van der Waals surface area contributed by atoms with E-state index in [0.717, 1.165) is 0 Å². The van der Waals surface area contributed by atoms with Crippen molar-refractivity contribution in [1.29, 1.82) is 0 Å². The minimum Gasteiger partial charge on any atom is -0.466 e. The Labute approximate surface area is 118 Å². The molecule has 5 heteroatoms. The third kappa shape index (κ3) is 5.73. The van der Waals surface area contributed by atoms with Crippen LogP contribution in [0.1, 0.15) is 26.3 Å². The predicted molar refractivity (Wildman–Crippen MR) is 73.6 cm³/mol. The quantitative estimate of drug-likeness (QED) is 0.592. The number of esters is 1. The minimum atomic E-state index is -0.769. The van der Waals surface area contributed by atoms with E-state index in [1.165, 1.54) is 0 Å². The first-order valence-corrected chi connectivity index (χ1v) is 6.61. The molecule has 0 aliphatic heterocycles. The number of ether oxygens (including phenoxy) is 3. The van der Waals surface area contributed by atoms with Crippen molar-refractivity contribution in [2.45, 2.75) is 27.2 Å². The van der Waals surface area contributed by atoms with Crippen molar-refractivity contribution in [3.63, 3.8) is 0 Å². The molecule has 0 atom stereocenters. The van der Waals surface area contributed by atoms with E-state index in [9.17, 15) is 9.59 Å². The smallest absolute Gasteiger partial charge is 0.466 e. The lowest BCUT2D eigenvalue weighted by atomic mass is 10.1. The molecule has 0 heterocycles. The lowest BCUT2D eigenvalue weighted by Crippen LogP contribution is -2.16. The third-order valence-corrected chi connectivity index (χ3v) is 2.34. The molecule has 0 bridgehead atoms.